The molecule has 17 nitrogen and oxygen atoms in total. The van der Waals surface area contributed by atoms with Crippen LogP contribution in [0.4, 0.5) is 0 Å². The second kappa shape index (κ2) is 13.7. The summed E-state index contributed by atoms with van der Waals surface area (Å²) >= 11 is 0. The zero-order valence-corrected chi connectivity index (χ0v) is 23.8. The number of aryl methyl sites for hydroxylation is 2. The van der Waals surface area contributed by atoms with E-state index in [1.807, 2.05) is 0 Å². The summed E-state index contributed by atoms with van der Waals surface area (Å²) in [6.45, 7) is 1.36. The van der Waals surface area contributed by atoms with Crippen LogP contribution in [0.2, 0.25) is 0 Å². The molecule has 0 aromatic heterocycles. The van der Waals surface area contributed by atoms with E-state index in [0.717, 1.165) is 12.1 Å². The first-order valence-electron chi connectivity index (χ1n) is 13.5. The molecule has 10 atom stereocenters. The molecular formula is C28H34O17. The lowest BCUT2D eigenvalue weighted by molar-refractivity contribution is -0.376. The van der Waals surface area contributed by atoms with E-state index in [1.54, 1.807) is 0 Å². The molecule has 0 bridgehead atoms. The number of esters is 2. The van der Waals surface area contributed by atoms with Crippen molar-refractivity contribution in [2.75, 3.05) is 13.2 Å². The molecule has 2 aromatic carbocycles. The standard InChI is InChI=1S/C28H34O17/c1-9-3-11(29)5-13(31)17(9)25(39)41-7-15-19(33)21(35)23(37)27(43-15)45-28-24(38)22(36)20(34)16(44-28)8-42-26(40)18-10(2)4-12(30)6-14(18)32/h3-6,15-16,19-24,27-38H,7-8H2,1-2H3/t15?,16?,19-,20-,21+,22+,23?,24?,27-,28-/m1/s1. The SMILES string of the molecule is Cc1cc(O)cc(O)c1C(=O)OCC1O[C@H](O[C@H]2OC(COC(=O)c3c(C)cc(O)cc3O)[C@@H](O)[C@H](O)C2O)C(O)[C@@H](O)[C@@H]1O. The molecule has 10 N–H and O–H groups in total. The van der Waals surface area contributed by atoms with Crippen LogP contribution in [-0.4, -0.2) is 138 Å². The van der Waals surface area contributed by atoms with Gasteiger partial charge in [-0.15, -0.1) is 0 Å². The average Bonchev–Trinajstić information content (AvgIpc) is 2.95. The summed E-state index contributed by atoms with van der Waals surface area (Å²) in [4.78, 5) is 25.2. The van der Waals surface area contributed by atoms with Crippen LogP contribution in [0.5, 0.6) is 23.0 Å². The number of hydrogen-bond acceptors (Lipinski definition) is 17. The smallest absolute Gasteiger partial charge is 0.342 e. The molecule has 45 heavy (non-hydrogen) atoms. The molecule has 4 rings (SSSR count). The largest absolute Gasteiger partial charge is 0.508 e. The first-order chi connectivity index (χ1) is 21.1. The molecular weight excluding hydrogens is 608 g/mol. The Hall–Kier alpha value is -3.78. The number of rotatable bonds is 8. The highest BCUT2D eigenvalue weighted by atomic mass is 16.8. The van der Waals surface area contributed by atoms with Crippen molar-refractivity contribution in [2.45, 2.75) is 75.3 Å². The fraction of sp³-hybridized carbons (Fsp3) is 0.500. The van der Waals surface area contributed by atoms with Gasteiger partial charge in [0.05, 0.1) is 0 Å². The van der Waals surface area contributed by atoms with Gasteiger partial charge in [0.15, 0.2) is 12.6 Å². The Kier molecular flexibility index (Phi) is 10.4. The van der Waals surface area contributed by atoms with Gasteiger partial charge in [0.1, 0.15) is 96.2 Å². The average molecular weight is 643 g/mol. The number of benzene rings is 2. The van der Waals surface area contributed by atoms with Gasteiger partial charge in [0.25, 0.3) is 0 Å². The minimum atomic E-state index is -1.97. The molecule has 2 saturated heterocycles. The summed E-state index contributed by atoms with van der Waals surface area (Å²) in [6, 6.07) is 4.21. The highest BCUT2D eigenvalue weighted by Gasteiger charge is 2.50. The Morgan fingerprint density at radius 3 is 1.29 bits per heavy atom. The van der Waals surface area contributed by atoms with Crippen LogP contribution in [0.1, 0.15) is 31.8 Å². The van der Waals surface area contributed by atoms with Crippen molar-refractivity contribution in [3.8, 4) is 23.0 Å². The van der Waals surface area contributed by atoms with Gasteiger partial charge in [0.2, 0.25) is 0 Å². The maximum Gasteiger partial charge on any atom is 0.342 e. The Bertz CT molecular complexity index is 1250. The summed E-state index contributed by atoms with van der Waals surface area (Å²) in [6.07, 6.45) is -18.3. The molecule has 2 aliphatic heterocycles. The van der Waals surface area contributed by atoms with Gasteiger partial charge in [-0.25, -0.2) is 9.59 Å². The second-order valence-electron chi connectivity index (χ2n) is 10.7. The number of aliphatic hydroxyl groups excluding tert-OH is 6. The van der Waals surface area contributed by atoms with Crippen molar-refractivity contribution in [2.24, 2.45) is 0 Å². The van der Waals surface area contributed by atoms with E-state index >= 15 is 0 Å². The van der Waals surface area contributed by atoms with Gasteiger partial charge in [-0.3, -0.25) is 0 Å². The van der Waals surface area contributed by atoms with E-state index in [4.69, 9.17) is 23.7 Å². The van der Waals surface area contributed by atoms with Gasteiger partial charge >= 0.3 is 11.9 Å². The Labute approximate surface area is 254 Å². The zero-order valence-electron chi connectivity index (χ0n) is 23.8. The normalized spacial score (nSPS) is 31.7. The molecule has 248 valence electrons. The maximum atomic E-state index is 12.6. The van der Waals surface area contributed by atoms with Crippen LogP contribution in [0.25, 0.3) is 0 Å². The lowest BCUT2D eigenvalue weighted by atomic mass is 9.98. The molecule has 2 heterocycles. The van der Waals surface area contributed by atoms with E-state index < -0.39 is 98.1 Å². The summed E-state index contributed by atoms with van der Waals surface area (Å²) in [5.74, 6) is -3.92. The number of hydrogen-bond donors (Lipinski definition) is 10. The summed E-state index contributed by atoms with van der Waals surface area (Å²) in [5, 5.41) is 102. The highest BCUT2D eigenvalue weighted by molar-refractivity contribution is 5.95. The molecule has 4 unspecified atom stereocenters. The Morgan fingerprint density at radius 1 is 0.600 bits per heavy atom. The quantitative estimate of drug-likeness (QED) is 0.136. The number of aromatic hydroxyl groups is 4. The van der Waals surface area contributed by atoms with E-state index in [9.17, 15) is 60.7 Å². The number of carbonyl (C=O) groups excluding carboxylic acids is 2. The van der Waals surface area contributed by atoms with Gasteiger partial charge in [-0.2, -0.15) is 0 Å². The van der Waals surface area contributed by atoms with Gasteiger partial charge in [-0.1, -0.05) is 0 Å². The molecule has 0 aliphatic carbocycles. The molecule has 2 aromatic rings. The second-order valence-corrected chi connectivity index (χ2v) is 10.7. The molecule has 17 heteroatoms. The van der Waals surface area contributed by atoms with E-state index in [1.165, 1.54) is 26.0 Å². The van der Waals surface area contributed by atoms with Crippen LogP contribution >= 0.6 is 0 Å². The minimum Gasteiger partial charge on any atom is -0.508 e. The predicted molar refractivity (Wildman–Crippen MR) is 144 cm³/mol. The number of aliphatic hydroxyl groups is 6. The van der Waals surface area contributed by atoms with Gasteiger partial charge in [0, 0.05) is 12.1 Å². The third kappa shape index (κ3) is 7.22. The molecule has 0 radical (unpaired) electrons. The Balaban J connectivity index is 1.42. The summed E-state index contributed by atoms with van der Waals surface area (Å²) in [5.41, 5.74) is -0.252. The number of ether oxygens (including phenoxy) is 5. The topological polar surface area (TPSA) is 283 Å². The minimum absolute atomic E-state index is 0.165. The fourth-order valence-electron chi connectivity index (χ4n) is 4.96. The lowest BCUT2D eigenvalue weighted by Gasteiger charge is -2.44. The maximum absolute atomic E-state index is 12.6. The molecule has 0 amide bonds. The van der Waals surface area contributed by atoms with Crippen molar-refractivity contribution in [1.82, 2.24) is 0 Å². The van der Waals surface area contributed by atoms with Crippen molar-refractivity contribution in [3.63, 3.8) is 0 Å². The zero-order chi connectivity index (χ0) is 33.3. The van der Waals surface area contributed by atoms with Crippen LogP contribution < -0.4 is 0 Å². The van der Waals surface area contributed by atoms with Gasteiger partial charge < -0.3 is 74.7 Å². The van der Waals surface area contributed by atoms with Crippen LogP contribution in [-0.2, 0) is 23.7 Å². The van der Waals surface area contributed by atoms with Crippen molar-refractivity contribution < 1.29 is 84.3 Å². The van der Waals surface area contributed by atoms with Gasteiger partial charge in [-0.05, 0) is 37.1 Å². The Morgan fingerprint density at radius 2 is 0.956 bits per heavy atom. The first kappa shape index (κ1) is 34.1. The number of phenols is 4. The van der Waals surface area contributed by atoms with Crippen LogP contribution in [0, 0.1) is 13.8 Å². The van der Waals surface area contributed by atoms with E-state index in [0.29, 0.717) is 0 Å². The van der Waals surface area contributed by atoms with Crippen LogP contribution in [0.3, 0.4) is 0 Å². The molecule has 0 spiro atoms. The lowest BCUT2D eigenvalue weighted by Crippen LogP contribution is -2.64. The third-order valence-corrected chi connectivity index (χ3v) is 7.37. The highest BCUT2D eigenvalue weighted by Crippen LogP contribution is 2.31. The molecule has 0 saturated carbocycles. The predicted octanol–water partition coefficient (Wildman–Crippen LogP) is -2.23. The van der Waals surface area contributed by atoms with Crippen molar-refractivity contribution >= 4 is 11.9 Å². The van der Waals surface area contributed by atoms with E-state index in [-0.39, 0.29) is 33.8 Å². The number of phenolic OH excluding ortho intramolecular Hbond substituents is 4. The number of carbonyl (C=O) groups is 2. The van der Waals surface area contributed by atoms with Crippen molar-refractivity contribution in [3.05, 3.63) is 46.5 Å². The monoisotopic (exact) mass is 642 g/mol. The van der Waals surface area contributed by atoms with Crippen LogP contribution in [0.15, 0.2) is 24.3 Å². The third-order valence-electron chi connectivity index (χ3n) is 7.37. The summed E-state index contributed by atoms with van der Waals surface area (Å²) < 4.78 is 26.5. The van der Waals surface area contributed by atoms with Crippen molar-refractivity contribution in [1.29, 1.82) is 0 Å². The fourth-order valence-corrected chi connectivity index (χ4v) is 4.96. The first-order valence-corrected chi connectivity index (χ1v) is 13.5. The molecule has 2 fully saturated rings. The molecule has 2 aliphatic rings. The summed E-state index contributed by atoms with van der Waals surface area (Å²) in [7, 11) is 0. The van der Waals surface area contributed by atoms with E-state index in [2.05, 4.69) is 0 Å².